The molecular weight excluding hydrogens is 356 g/mol. The molecule has 134 valence electrons. The van der Waals surface area contributed by atoms with E-state index in [0.717, 1.165) is 0 Å². The number of phenolic OH excluding ortho intramolecular Hbond substituents is 1. The number of nitrogens with one attached hydrogen (secondary N) is 1. The number of fused-ring (bicyclic) bond motifs is 1. The number of aromatic hydroxyl groups is 1. The number of aliphatic carboxylic acids is 1. The summed E-state index contributed by atoms with van der Waals surface area (Å²) in [6, 6.07) is 12.4. The SMILES string of the molecule is O=C(O)C(Cc1ccc(O)cc1)NS(=O)(=O)c1ccc2ncccc2c1. The lowest BCUT2D eigenvalue weighted by atomic mass is 10.1. The Kier molecular flexibility index (Phi) is 4.88. The number of phenols is 1. The molecule has 0 aliphatic carbocycles. The Hall–Kier alpha value is -2.97. The molecule has 1 aromatic heterocycles. The quantitative estimate of drug-likeness (QED) is 0.609. The minimum Gasteiger partial charge on any atom is -0.508 e. The van der Waals surface area contributed by atoms with Crippen LogP contribution in [0.1, 0.15) is 5.56 Å². The first-order chi connectivity index (χ1) is 12.3. The van der Waals surface area contributed by atoms with E-state index in [4.69, 9.17) is 0 Å². The molecule has 26 heavy (non-hydrogen) atoms. The maximum atomic E-state index is 12.6. The fraction of sp³-hybridized carbons (Fsp3) is 0.111. The van der Waals surface area contributed by atoms with Crippen LogP contribution in [0.4, 0.5) is 0 Å². The van der Waals surface area contributed by atoms with E-state index in [-0.39, 0.29) is 17.1 Å². The predicted octanol–water partition coefficient (Wildman–Crippen LogP) is 1.91. The van der Waals surface area contributed by atoms with Gasteiger partial charge in [-0.05, 0) is 48.4 Å². The van der Waals surface area contributed by atoms with Crippen molar-refractivity contribution in [2.24, 2.45) is 0 Å². The first-order valence-corrected chi connectivity index (χ1v) is 9.21. The highest BCUT2D eigenvalue weighted by Crippen LogP contribution is 2.18. The minimum absolute atomic E-state index is 0.0324. The Labute approximate surface area is 150 Å². The second-order valence-corrected chi connectivity index (χ2v) is 7.45. The molecule has 0 fully saturated rings. The van der Waals surface area contributed by atoms with Crippen LogP contribution in [0.25, 0.3) is 10.9 Å². The molecule has 2 aromatic carbocycles. The molecule has 0 aliphatic rings. The molecule has 1 atom stereocenters. The minimum atomic E-state index is -4.03. The summed E-state index contributed by atoms with van der Waals surface area (Å²) < 4.78 is 27.4. The van der Waals surface area contributed by atoms with Crippen molar-refractivity contribution in [1.82, 2.24) is 9.71 Å². The number of benzene rings is 2. The normalized spacial score (nSPS) is 12.8. The number of sulfonamides is 1. The van der Waals surface area contributed by atoms with Crippen LogP contribution in [0.15, 0.2) is 65.7 Å². The molecule has 0 saturated carbocycles. The van der Waals surface area contributed by atoms with Gasteiger partial charge in [0.25, 0.3) is 0 Å². The topological polar surface area (TPSA) is 117 Å². The molecule has 0 amide bonds. The molecule has 3 aromatic rings. The van der Waals surface area contributed by atoms with Crippen LogP contribution in [0.2, 0.25) is 0 Å². The van der Waals surface area contributed by atoms with Crippen molar-refractivity contribution in [3.8, 4) is 5.75 Å². The molecule has 0 aliphatic heterocycles. The molecular formula is C18H16N2O5S. The summed E-state index contributed by atoms with van der Waals surface area (Å²) in [6.07, 6.45) is 1.55. The monoisotopic (exact) mass is 372 g/mol. The van der Waals surface area contributed by atoms with E-state index in [9.17, 15) is 23.4 Å². The van der Waals surface area contributed by atoms with E-state index in [1.807, 2.05) is 0 Å². The lowest BCUT2D eigenvalue weighted by Gasteiger charge is -2.15. The van der Waals surface area contributed by atoms with Crippen LogP contribution in [0.3, 0.4) is 0 Å². The van der Waals surface area contributed by atoms with Gasteiger partial charge >= 0.3 is 5.97 Å². The number of carbonyl (C=O) groups is 1. The molecule has 3 rings (SSSR count). The third-order valence-electron chi connectivity index (χ3n) is 3.86. The first kappa shape index (κ1) is 17.8. The van der Waals surface area contributed by atoms with Crippen molar-refractivity contribution >= 4 is 26.9 Å². The van der Waals surface area contributed by atoms with Crippen molar-refractivity contribution in [2.45, 2.75) is 17.4 Å². The van der Waals surface area contributed by atoms with Crippen LogP contribution in [0, 0.1) is 0 Å². The Morgan fingerprint density at radius 3 is 2.54 bits per heavy atom. The second kappa shape index (κ2) is 7.11. The summed E-state index contributed by atoms with van der Waals surface area (Å²) in [5.74, 6) is -1.24. The molecule has 1 unspecified atom stereocenters. The maximum absolute atomic E-state index is 12.6. The lowest BCUT2D eigenvalue weighted by Crippen LogP contribution is -2.42. The summed E-state index contributed by atoms with van der Waals surface area (Å²) in [5, 5.41) is 19.3. The van der Waals surface area contributed by atoms with Crippen molar-refractivity contribution in [2.75, 3.05) is 0 Å². The van der Waals surface area contributed by atoms with Gasteiger partial charge in [-0.2, -0.15) is 4.72 Å². The molecule has 0 bridgehead atoms. The van der Waals surface area contributed by atoms with Crippen LogP contribution >= 0.6 is 0 Å². The largest absolute Gasteiger partial charge is 0.508 e. The zero-order valence-electron chi connectivity index (χ0n) is 13.5. The first-order valence-electron chi connectivity index (χ1n) is 7.73. The van der Waals surface area contributed by atoms with Crippen molar-refractivity contribution in [1.29, 1.82) is 0 Å². The van der Waals surface area contributed by atoms with E-state index < -0.39 is 22.0 Å². The average molecular weight is 372 g/mol. The number of hydrogen-bond acceptors (Lipinski definition) is 5. The van der Waals surface area contributed by atoms with Crippen LogP contribution < -0.4 is 4.72 Å². The number of pyridine rings is 1. The standard InChI is InChI=1S/C18H16N2O5S/c21-14-5-3-12(4-6-14)10-17(18(22)23)20-26(24,25)15-7-8-16-13(11-15)2-1-9-19-16/h1-9,11,17,20-21H,10H2,(H,22,23). The molecule has 0 saturated heterocycles. The highest BCUT2D eigenvalue weighted by Gasteiger charge is 2.26. The van der Waals surface area contributed by atoms with Gasteiger partial charge < -0.3 is 10.2 Å². The number of carboxylic acid groups (broad SMARTS) is 1. The number of nitrogens with zero attached hydrogens (tertiary/aromatic N) is 1. The zero-order valence-corrected chi connectivity index (χ0v) is 14.3. The van der Waals surface area contributed by atoms with E-state index in [0.29, 0.717) is 16.5 Å². The Balaban J connectivity index is 1.86. The van der Waals surface area contributed by atoms with Crippen molar-refractivity contribution < 1.29 is 23.4 Å². The second-order valence-electron chi connectivity index (χ2n) is 5.74. The Morgan fingerprint density at radius 2 is 1.85 bits per heavy atom. The Bertz CT molecular complexity index is 1050. The third kappa shape index (κ3) is 3.98. The summed E-state index contributed by atoms with van der Waals surface area (Å²) in [7, 11) is -4.03. The predicted molar refractivity (Wildman–Crippen MR) is 95.3 cm³/mol. The summed E-state index contributed by atoms with van der Waals surface area (Å²) in [6.45, 7) is 0. The smallest absolute Gasteiger partial charge is 0.322 e. The molecule has 8 heteroatoms. The van der Waals surface area contributed by atoms with E-state index in [1.165, 1.54) is 24.3 Å². The van der Waals surface area contributed by atoms with Gasteiger partial charge in [0.1, 0.15) is 11.8 Å². The molecule has 1 heterocycles. The summed E-state index contributed by atoms with van der Waals surface area (Å²) in [5.41, 5.74) is 1.23. The number of hydrogen-bond donors (Lipinski definition) is 3. The van der Waals surface area contributed by atoms with Gasteiger partial charge in [0.05, 0.1) is 10.4 Å². The van der Waals surface area contributed by atoms with Crippen LogP contribution in [-0.4, -0.2) is 35.6 Å². The zero-order chi connectivity index (χ0) is 18.7. The highest BCUT2D eigenvalue weighted by atomic mass is 32.2. The fourth-order valence-corrected chi connectivity index (χ4v) is 3.75. The van der Waals surface area contributed by atoms with Gasteiger partial charge in [-0.1, -0.05) is 18.2 Å². The summed E-state index contributed by atoms with van der Waals surface area (Å²) >= 11 is 0. The van der Waals surface area contributed by atoms with Gasteiger partial charge in [-0.25, -0.2) is 8.42 Å². The number of carboxylic acids is 1. The molecule has 7 nitrogen and oxygen atoms in total. The fourth-order valence-electron chi connectivity index (χ4n) is 2.52. The van der Waals surface area contributed by atoms with Crippen LogP contribution in [0.5, 0.6) is 5.75 Å². The van der Waals surface area contributed by atoms with Gasteiger partial charge in [0.2, 0.25) is 10.0 Å². The van der Waals surface area contributed by atoms with E-state index in [1.54, 1.807) is 36.5 Å². The van der Waals surface area contributed by atoms with Gasteiger partial charge in [0, 0.05) is 11.6 Å². The highest BCUT2D eigenvalue weighted by molar-refractivity contribution is 7.89. The van der Waals surface area contributed by atoms with Crippen molar-refractivity contribution in [3.63, 3.8) is 0 Å². The lowest BCUT2D eigenvalue weighted by molar-refractivity contribution is -0.138. The van der Waals surface area contributed by atoms with Gasteiger partial charge in [-0.3, -0.25) is 9.78 Å². The van der Waals surface area contributed by atoms with Gasteiger partial charge in [0.15, 0.2) is 0 Å². The third-order valence-corrected chi connectivity index (χ3v) is 5.33. The molecule has 0 radical (unpaired) electrons. The van der Waals surface area contributed by atoms with Crippen LogP contribution in [-0.2, 0) is 21.2 Å². The van der Waals surface area contributed by atoms with Gasteiger partial charge in [-0.15, -0.1) is 0 Å². The van der Waals surface area contributed by atoms with E-state index >= 15 is 0 Å². The molecule has 3 N–H and O–H groups in total. The molecule has 0 spiro atoms. The number of aromatic nitrogens is 1. The number of rotatable bonds is 6. The Morgan fingerprint density at radius 1 is 1.12 bits per heavy atom. The van der Waals surface area contributed by atoms with E-state index in [2.05, 4.69) is 9.71 Å². The maximum Gasteiger partial charge on any atom is 0.322 e. The van der Waals surface area contributed by atoms with Crippen molar-refractivity contribution in [3.05, 3.63) is 66.4 Å². The summed E-state index contributed by atoms with van der Waals surface area (Å²) in [4.78, 5) is 15.6. The average Bonchev–Trinajstić information content (AvgIpc) is 2.62.